The molecule has 0 radical (unpaired) electrons. The molecule has 5 nitrogen and oxygen atoms in total. The van der Waals surface area contributed by atoms with Gasteiger partial charge in [-0.1, -0.05) is 32.6 Å². The molecule has 0 aliphatic carbocycles. The molecule has 1 atom stereocenters. The monoisotopic (exact) mass is 421 g/mol. The van der Waals surface area contributed by atoms with Crippen LogP contribution < -0.4 is 14.7 Å². The van der Waals surface area contributed by atoms with Gasteiger partial charge >= 0.3 is 0 Å². The Morgan fingerprint density at radius 3 is 2.23 bits per heavy atom. The molecule has 164 valence electrons. The number of hydrazone groups is 1. The molecule has 2 aliphatic rings. The van der Waals surface area contributed by atoms with Gasteiger partial charge in [-0.25, -0.2) is 9.40 Å². The summed E-state index contributed by atoms with van der Waals surface area (Å²) >= 11 is 0. The Hall–Kier alpha value is -3.02. The molecule has 2 heterocycles. The zero-order valence-electron chi connectivity index (χ0n) is 18.8. The van der Waals surface area contributed by atoms with E-state index >= 15 is 4.39 Å². The molecular weight excluding hydrogens is 389 g/mol. The largest absolute Gasteiger partial charge is 0.368 e. The van der Waals surface area contributed by atoms with E-state index in [2.05, 4.69) is 66.5 Å². The normalized spacial score (nSPS) is 17.6. The summed E-state index contributed by atoms with van der Waals surface area (Å²) in [6.07, 6.45) is 3.73. The van der Waals surface area contributed by atoms with E-state index in [1.807, 2.05) is 22.0 Å². The second-order valence-electron chi connectivity index (χ2n) is 8.25. The second-order valence-corrected chi connectivity index (χ2v) is 8.25. The third-order valence-electron chi connectivity index (χ3n) is 6.38. The molecule has 4 rings (SSSR count). The quantitative estimate of drug-likeness (QED) is 0.652. The summed E-state index contributed by atoms with van der Waals surface area (Å²) in [4.78, 5) is 6.35. The van der Waals surface area contributed by atoms with Crippen LogP contribution in [0.2, 0.25) is 0 Å². The molecule has 1 fully saturated rings. The Kier molecular flexibility index (Phi) is 6.16. The first-order chi connectivity index (χ1) is 15.0. The molecule has 2 aliphatic heterocycles. The van der Waals surface area contributed by atoms with Gasteiger partial charge in [0.05, 0.1) is 17.4 Å². The summed E-state index contributed by atoms with van der Waals surface area (Å²) in [7, 11) is 0. The molecular formula is C25H32FN5. The topological polar surface area (TPSA) is 25.3 Å². The maximum Gasteiger partial charge on any atom is 0.148 e. The minimum absolute atomic E-state index is 0.207. The maximum absolute atomic E-state index is 15.1. The van der Waals surface area contributed by atoms with Crippen molar-refractivity contribution in [2.45, 2.75) is 39.7 Å². The van der Waals surface area contributed by atoms with E-state index in [4.69, 9.17) is 0 Å². The van der Waals surface area contributed by atoms with Crippen LogP contribution in [0.3, 0.4) is 0 Å². The highest BCUT2D eigenvalue weighted by atomic mass is 19.1. The zero-order valence-corrected chi connectivity index (χ0v) is 18.8. The number of rotatable bonds is 6. The van der Waals surface area contributed by atoms with Gasteiger partial charge < -0.3 is 9.80 Å². The van der Waals surface area contributed by atoms with E-state index in [-0.39, 0.29) is 11.9 Å². The average molecular weight is 422 g/mol. The van der Waals surface area contributed by atoms with Crippen molar-refractivity contribution < 1.29 is 4.39 Å². The van der Waals surface area contributed by atoms with Gasteiger partial charge in [0, 0.05) is 37.9 Å². The van der Waals surface area contributed by atoms with Crippen LogP contribution in [0.4, 0.5) is 21.5 Å². The molecule has 0 spiro atoms. The lowest BCUT2D eigenvalue weighted by Gasteiger charge is -2.37. The summed E-state index contributed by atoms with van der Waals surface area (Å²) in [6.45, 7) is 13.9. The van der Waals surface area contributed by atoms with Gasteiger partial charge in [0.2, 0.25) is 0 Å². The van der Waals surface area contributed by atoms with E-state index < -0.39 is 0 Å². The zero-order chi connectivity index (χ0) is 22.0. The fourth-order valence-corrected chi connectivity index (χ4v) is 4.16. The maximum atomic E-state index is 15.1. The fraction of sp³-hybridized carbons (Fsp3) is 0.400. The minimum Gasteiger partial charge on any atom is -0.368 e. The Morgan fingerprint density at radius 1 is 0.968 bits per heavy atom. The fourth-order valence-electron chi connectivity index (χ4n) is 4.16. The van der Waals surface area contributed by atoms with Gasteiger partial charge in [0.15, 0.2) is 0 Å². The van der Waals surface area contributed by atoms with Crippen molar-refractivity contribution in [1.29, 1.82) is 0 Å². The van der Waals surface area contributed by atoms with Gasteiger partial charge in [0.1, 0.15) is 18.0 Å². The number of hydrogen-bond acceptors (Lipinski definition) is 5. The Labute approximate surface area is 185 Å². The van der Waals surface area contributed by atoms with Gasteiger partial charge in [0.25, 0.3) is 0 Å². The van der Waals surface area contributed by atoms with Crippen LogP contribution in [-0.2, 0) is 6.42 Å². The SMILES string of the molecule is C=C1N(c2ccc(N3CCN(c4ccc(CC)cc4)CC3)c(F)c2)C=NN1C(C)CC. The molecule has 2 aromatic carbocycles. The lowest BCUT2D eigenvalue weighted by molar-refractivity contribution is 0.286. The number of aryl methyl sites for hydroxylation is 1. The predicted molar refractivity (Wildman–Crippen MR) is 128 cm³/mol. The summed E-state index contributed by atoms with van der Waals surface area (Å²) in [6, 6.07) is 14.4. The van der Waals surface area contributed by atoms with Crippen LogP contribution in [0, 0.1) is 5.82 Å². The molecule has 2 aromatic rings. The summed E-state index contributed by atoms with van der Waals surface area (Å²) in [5.41, 5.74) is 3.99. The van der Waals surface area contributed by atoms with Gasteiger partial charge in [-0.2, -0.15) is 5.10 Å². The standard InChI is InChI=1S/C25H32FN5/c1-5-19(3)31-20(4)30(18-27-31)23-11-12-25(24(26)17-23)29-15-13-28(14-16-29)22-9-7-21(6-2)8-10-22/h7-12,17-19H,4-6,13-16H2,1-3H3. The lowest BCUT2D eigenvalue weighted by Crippen LogP contribution is -2.46. The van der Waals surface area contributed by atoms with Crippen LogP contribution in [0.5, 0.6) is 0 Å². The van der Waals surface area contributed by atoms with Gasteiger partial charge in [-0.05, 0) is 49.6 Å². The van der Waals surface area contributed by atoms with E-state index in [1.54, 1.807) is 12.4 Å². The minimum atomic E-state index is -0.207. The first-order valence-corrected chi connectivity index (χ1v) is 11.2. The first kappa shape index (κ1) is 21.2. The van der Waals surface area contributed by atoms with Crippen molar-refractivity contribution >= 4 is 23.4 Å². The second kappa shape index (κ2) is 9.00. The molecule has 1 saturated heterocycles. The third-order valence-corrected chi connectivity index (χ3v) is 6.38. The smallest absolute Gasteiger partial charge is 0.148 e. The number of hydrogen-bond donors (Lipinski definition) is 0. The molecule has 0 amide bonds. The summed E-state index contributed by atoms with van der Waals surface area (Å²) in [5, 5.41) is 6.32. The van der Waals surface area contributed by atoms with E-state index in [1.165, 1.54) is 11.3 Å². The van der Waals surface area contributed by atoms with Crippen LogP contribution in [0.25, 0.3) is 0 Å². The molecule has 0 bridgehead atoms. The van der Waals surface area contributed by atoms with Crippen molar-refractivity contribution in [1.82, 2.24) is 5.01 Å². The van der Waals surface area contributed by atoms with Crippen molar-refractivity contribution in [3.8, 4) is 0 Å². The number of piperazine rings is 1. The van der Waals surface area contributed by atoms with Crippen LogP contribution >= 0.6 is 0 Å². The summed E-state index contributed by atoms with van der Waals surface area (Å²) < 4.78 is 15.1. The van der Waals surface area contributed by atoms with Crippen molar-refractivity contribution in [2.75, 3.05) is 40.9 Å². The Bertz CT molecular complexity index is 947. The van der Waals surface area contributed by atoms with E-state index in [9.17, 15) is 0 Å². The lowest BCUT2D eigenvalue weighted by atomic mass is 10.1. The Balaban J connectivity index is 1.41. The first-order valence-electron chi connectivity index (χ1n) is 11.2. The van der Waals surface area contributed by atoms with Crippen LogP contribution in [0.15, 0.2) is 60.0 Å². The molecule has 1 unspecified atom stereocenters. The third kappa shape index (κ3) is 4.24. The number of halogens is 1. The van der Waals surface area contributed by atoms with Gasteiger partial charge in [-0.3, -0.25) is 4.90 Å². The average Bonchev–Trinajstić information content (AvgIpc) is 3.20. The molecule has 31 heavy (non-hydrogen) atoms. The summed E-state index contributed by atoms with van der Waals surface area (Å²) in [5.74, 6) is 0.547. The van der Waals surface area contributed by atoms with Gasteiger partial charge in [-0.15, -0.1) is 0 Å². The predicted octanol–water partition coefficient (Wildman–Crippen LogP) is 5.05. The molecule has 0 saturated carbocycles. The van der Waals surface area contributed by atoms with Crippen molar-refractivity contribution in [2.24, 2.45) is 5.10 Å². The molecule has 0 aromatic heterocycles. The highest BCUT2D eigenvalue weighted by Gasteiger charge is 2.26. The van der Waals surface area contributed by atoms with Crippen molar-refractivity contribution in [3.63, 3.8) is 0 Å². The highest BCUT2D eigenvalue weighted by molar-refractivity contribution is 5.85. The number of anilines is 3. The number of nitrogens with zero attached hydrogens (tertiary/aromatic N) is 5. The molecule has 6 heteroatoms. The van der Waals surface area contributed by atoms with Crippen LogP contribution in [0.1, 0.15) is 32.8 Å². The number of benzene rings is 2. The highest BCUT2D eigenvalue weighted by Crippen LogP contribution is 2.31. The molecule has 0 N–H and O–H groups in total. The van der Waals surface area contributed by atoms with Crippen molar-refractivity contribution in [3.05, 3.63) is 66.2 Å². The Morgan fingerprint density at radius 2 is 1.61 bits per heavy atom. The van der Waals surface area contributed by atoms with Crippen LogP contribution in [-0.4, -0.2) is 43.6 Å². The van der Waals surface area contributed by atoms with E-state index in [0.29, 0.717) is 5.69 Å². The van der Waals surface area contributed by atoms with E-state index in [0.717, 1.165) is 50.5 Å².